The molecule has 0 amide bonds. The molecule has 4 rings (SSSR count). The second-order valence-electron chi connectivity index (χ2n) is 7.15. The lowest BCUT2D eigenvalue weighted by Crippen LogP contribution is -2.42. The van der Waals surface area contributed by atoms with Gasteiger partial charge in [0.1, 0.15) is 0 Å². The number of hydrogen-bond acceptors (Lipinski definition) is 3. The normalized spacial score (nSPS) is 31.2. The molecule has 2 N–H and O–H groups in total. The van der Waals surface area contributed by atoms with Gasteiger partial charge in [-0.1, -0.05) is 18.2 Å². The monoisotopic (exact) mass is 285 g/mol. The number of hydrogen-bond donors (Lipinski definition) is 2. The standard InChI is InChI=1S/C18H27N3/c1-21-16-5-6-17(21)10-13(9-16)11-19-12-15-4-2-3-14-7-8-20-18(14)15/h2-4,13,16-17,19-20H,5-12H2,1H3. The van der Waals surface area contributed by atoms with E-state index in [-0.39, 0.29) is 0 Å². The van der Waals surface area contributed by atoms with Crippen molar-refractivity contribution in [1.29, 1.82) is 0 Å². The highest BCUT2D eigenvalue weighted by atomic mass is 15.2. The third kappa shape index (κ3) is 2.58. The predicted octanol–water partition coefficient (Wildman–Crippen LogP) is 2.62. The molecule has 3 aliphatic rings. The highest BCUT2D eigenvalue weighted by Gasteiger charge is 2.37. The molecule has 21 heavy (non-hydrogen) atoms. The number of nitrogens with zero attached hydrogens (tertiary/aromatic N) is 1. The molecule has 0 aliphatic carbocycles. The van der Waals surface area contributed by atoms with E-state index in [0.717, 1.165) is 31.1 Å². The van der Waals surface area contributed by atoms with Crippen molar-refractivity contribution in [2.45, 2.75) is 50.7 Å². The van der Waals surface area contributed by atoms with Crippen LogP contribution >= 0.6 is 0 Å². The fourth-order valence-electron chi connectivity index (χ4n) is 4.66. The molecule has 2 atom stereocenters. The van der Waals surface area contributed by atoms with Crippen LogP contribution in [0, 0.1) is 5.92 Å². The van der Waals surface area contributed by atoms with Crippen LogP contribution in [0.5, 0.6) is 0 Å². The van der Waals surface area contributed by atoms with Gasteiger partial charge in [-0.05, 0) is 62.7 Å². The molecule has 3 heteroatoms. The number of para-hydroxylation sites is 1. The van der Waals surface area contributed by atoms with Gasteiger partial charge in [0.15, 0.2) is 0 Å². The maximum atomic E-state index is 3.73. The molecule has 1 aromatic rings. The summed E-state index contributed by atoms with van der Waals surface area (Å²) in [6.45, 7) is 3.30. The van der Waals surface area contributed by atoms with E-state index >= 15 is 0 Å². The SMILES string of the molecule is CN1C2CCC1CC(CNCc1cccc3c1NCC3)C2. The van der Waals surface area contributed by atoms with E-state index in [2.05, 4.69) is 40.8 Å². The number of rotatable bonds is 4. The van der Waals surface area contributed by atoms with Gasteiger partial charge in [0, 0.05) is 30.9 Å². The zero-order chi connectivity index (χ0) is 14.2. The minimum atomic E-state index is 0.859. The van der Waals surface area contributed by atoms with E-state index in [9.17, 15) is 0 Å². The molecule has 114 valence electrons. The molecule has 0 spiro atoms. The van der Waals surface area contributed by atoms with E-state index in [1.807, 2.05) is 0 Å². The van der Waals surface area contributed by atoms with Crippen molar-refractivity contribution in [3.63, 3.8) is 0 Å². The fraction of sp³-hybridized carbons (Fsp3) is 0.667. The first-order valence-electron chi connectivity index (χ1n) is 8.58. The number of piperidine rings is 1. The Labute approximate surface area is 128 Å². The van der Waals surface area contributed by atoms with Gasteiger partial charge in [-0.3, -0.25) is 0 Å². The van der Waals surface area contributed by atoms with Gasteiger partial charge in [-0.2, -0.15) is 0 Å². The molecule has 3 nitrogen and oxygen atoms in total. The average molecular weight is 285 g/mol. The Balaban J connectivity index is 1.32. The second kappa shape index (κ2) is 5.62. The lowest BCUT2D eigenvalue weighted by Gasteiger charge is -2.36. The van der Waals surface area contributed by atoms with Gasteiger partial charge in [0.2, 0.25) is 0 Å². The summed E-state index contributed by atoms with van der Waals surface area (Å²) >= 11 is 0. The number of anilines is 1. The topological polar surface area (TPSA) is 27.3 Å². The molecule has 0 radical (unpaired) electrons. The molecular formula is C18H27N3. The Kier molecular flexibility index (Phi) is 3.64. The van der Waals surface area contributed by atoms with Gasteiger partial charge in [-0.25, -0.2) is 0 Å². The largest absolute Gasteiger partial charge is 0.384 e. The van der Waals surface area contributed by atoms with Crippen molar-refractivity contribution in [1.82, 2.24) is 10.2 Å². The third-order valence-corrected chi connectivity index (χ3v) is 5.88. The van der Waals surface area contributed by atoms with E-state index < -0.39 is 0 Å². The minimum Gasteiger partial charge on any atom is -0.384 e. The molecule has 3 heterocycles. The van der Waals surface area contributed by atoms with Crippen molar-refractivity contribution < 1.29 is 0 Å². The fourth-order valence-corrected chi connectivity index (χ4v) is 4.66. The summed E-state index contributed by atoms with van der Waals surface area (Å²) in [5.41, 5.74) is 4.33. The summed E-state index contributed by atoms with van der Waals surface area (Å²) in [5.74, 6) is 0.878. The highest BCUT2D eigenvalue weighted by Crippen LogP contribution is 2.37. The summed E-state index contributed by atoms with van der Waals surface area (Å²) in [4.78, 5) is 2.63. The zero-order valence-electron chi connectivity index (χ0n) is 13.1. The number of nitrogens with one attached hydrogen (secondary N) is 2. The summed E-state index contributed by atoms with van der Waals surface area (Å²) in [7, 11) is 2.32. The van der Waals surface area contributed by atoms with Crippen LogP contribution < -0.4 is 10.6 Å². The quantitative estimate of drug-likeness (QED) is 0.890. The molecule has 2 bridgehead atoms. The van der Waals surface area contributed by atoms with Crippen molar-refractivity contribution in [3.05, 3.63) is 29.3 Å². The maximum absolute atomic E-state index is 3.73. The third-order valence-electron chi connectivity index (χ3n) is 5.88. The number of fused-ring (bicyclic) bond motifs is 3. The molecular weight excluding hydrogens is 258 g/mol. The van der Waals surface area contributed by atoms with E-state index in [1.54, 1.807) is 0 Å². The minimum absolute atomic E-state index is 0.859. The van der Waals surface area contributed by atoms with Crippen LogP contribution in [0.1, 0.15) is 36.8 Å². The van der Waals surface area contributed by atoms with E-state index in [1.165, 1.54) is 55.5 Å². The van der Waals surface area contributed by atoms with Gasteiger partial charge < -0.3 is 15.5 Å². The summed E-state index contributed by atoms with van der Waals surface area (Å²) in [6.07, 6.45) is 6.82. The van der Waals surface area contributed by atoms with Crippen molar-refractivity contribution in [2.24, 2.45) is 5.92 Å². The summed E-state index contributed by atoms with van der Waals surface area (Å²) in [6, 6.07) is 8.45. The van der Waals surface area contributed by atoms with Crippen molar-refractivity contribution in [2.75, 3.05) is 25.5 Å². The van der Waals surface area contributed by atoms with Crippen LogP contribution in [-0.2, 0) is 13.0 Å². The Morgan fingerprint density at radius 1 is 1.24 bits per heavy atom. The average Bonchev–Trinajstić information content (AvgIpc) is 3.02. The Bertz CT molecular complexity index is 499. The molecule has 2 fully saturated rings. The van der Waals surface area contributed by atoms with Gasteiger partial charge in [0.05, 0.1) is 0 Å². The smallest absolute Gasteiger partial charge is 0.0419 e. The summed E-state index contributed by atoms with van der Waals surface area (Å²) < 4.78 is 0. The van der Waals surface area contributed by atoms with E-state index in [0.29, 0.717) is 0 Å². The zero-order valence-corrected chi connectivity index (χ0v) is 13.1. The highest BCUT2D eigenvalue weighted by molar-refractivity contribution is 5.61. The first kappa shape index (κ1) is 13.6. The molecule has 0 aromatic heterocycles. The van der Waals surface area contributed by atoms with Crippen molar-refractivity contribution in [3.8, 4) is 0 Å². The number of benzene rings is 1. The predicted molar refractivity (Wildman–Crippen MR) is 87.6 cm³/mol. The first-order chi connectivity index (χ1) is 10.3. The maximum Gasteiger partial charge on any atom is 0.0419 e. The molecule has 2 saturated heterocycles. The van der Waals surface area contributed by atoms with Gasteiger partial charge in [-0.15, -0.1) is 0 Å². The first-order valence-corrected chi connectivity index (χ1v) is 8.58. The Morgan fingerprint density at radius 3 is 2.86 bits per heavy atom. The van der Waals surface area contributed by atoms with Crippen LogP contribution in [0.4, 0.5) is 5.69 Å². The van der Waals surface area contributed by atoms with Crippen LogP contribution in [0.25, 0.3) is 0 Å². The molecule has 0 saturated carbocycles. The van der Waals surface area contributed by atoms with Gasteiger partial charge in [0.25, 0.3) is 0 Å². The summed E-state index contributed by atoms with van der Waals surface area (Å²) in [5, 5.41) is 7.27. The van der Waals surface area contributed by atoms with Crippen LogP contribution in [0.3, 0.4) is 0 Å². The second-order valence-corrected chi connectivity index (χ2v) is 7.15. The lowest BCUT2D eigenvalue weighted by molar-refractivity contribution is 0.133. The van der Waals surface area contributed by atoms with Crippen LogP contribution in [0.15, 0.2) is 18.2 Å². The van der Waals surface area contributed by atoms with Crippen LogP contribution in [0.2, 0.25) is 0 Å². The molecule has 3 aliphatic heterocycles. The Hall–Kier alpha value is -1.06. The molecule has 2 unspecified atom stereocenters. The van der Waals surface area contributed by atoms with Gasteiger partial charge >= 0.3 is 0 Å². The van der Waals surface area contributed by atoms with E-state index in [4.69, 9.17) is 0 Å². The molecule has 1 aromatic carbocycles. The Morgan fingerprint density at radius 2 is 2.05 bits per heavy atom. The van der Waals surface area contributed by atoms with Crippen molar-refractivity contribution >= 4 is 5.69 Å². The lowest BCUT2D eigenvalue weighted by atomic mass is 9.91. The van der Waals surface area contributed by atoms with Crippen LogP contribution in [-0.4, -0.2) is 37.1 Å².